The zero-order valence-corrected chi connectivity index (χ0v) is 16.2. The van der Waals surface area contributed by atoms with Crippen molar-refractivity contribution in [3.8, 4) is 0 Å². The number of carbonyl (C=O) groups excluding carboxylic acids is 1. The summed E-state index contributed by atoms with van der Waals surface area (Å²) in [7, 11) is 0. The number of carboxylic acid groups (broad SMARTS) is 1. The molecule has 1 aromatic heterocycles. The Kier molecular flexibility index (Phi) is 4.53. The number of hydrogen-bond acceptors (Lipinski definition) is 4. The van der Waals surface area contributed by atoms with Crippen molar-refractivity contribution >= 4 is 23.6 Å². The third-order valence-electron chi connectivity index (χ3n) is 6.52. The first-order valence-electron chi connectivity index (χ1n) is 9.53. The minimum Gasteiger partial charge on any atom is -0.479 e. The molecule has 0 radical (unpaired) electrons. The fourth-order valence-electron chi connectivity index (χ4n) is 5.87. The molecule has 1 heterocycles. The lowest BCUT2D eigenvalue weighted by atomic mass is 9.56. The van der Waals surface area contributed by atoms with Gasteiger partial charge in [0.15, 0.2) is 6.04 Å². The average molecular weight is 378 g/mol. The van der Waals surface area contributed by atoms with Crippen LogP contribution in [0.25, 0.3) is 0 Å². The van der Waals surface area contributed by atoms with Gasteiger partial charge in [0.25, 0.3) is 0 Å². The summed E-state index contributed by atoms with van der Waals surface area (Å²) in [5, 5.41) is 19.1. The minimum atomic E-state index is -1.05. The molecule has 1 amide bonds. The normalized spacial score (nSPS) is 33.2. The van der Waals surface area contributed by atoms with Crippen LogP contribution in [0.1, 0.15) is 61.5 Å². The number of thioether (sulfide) groups is 1. The lowest BCUT2D eigenvalue weighted by Crippen LogP contribution is -2.49. The molecule has 0 unspecified atom stereocenters. The second kappa shape index (κ2) is 6.59. The highest BCUT2D eigenvalue weighted by Crippen LogP contribution is 2.60. The number of nitrogens with zero attached hydrogens (tertiary/aromatic N) is 1. The number of aryl methyl sites for hydroxylation is 2. The Labute approximate surface area is 157 Å². The highest BCUT2D eigenvalue weighted by atomic mass is 32.2. The van der Waals surface area contributed by atoms with Gasteiger partial charge < -0.3 is 10.4 Å². The highest BCUT2D eigenvalue weighted by molar-refractivity contribution is 8.01. The van der Waals surface area contributed by atoms with Gasteiger partial charge in [0.05, 0.1) is 11.4 Å². The summed E-state index contributed by atoms with van der Waals surface area (Å²) in [6, 6.07) is -1.04. The summed E-state index contributed by atoms with van der Waals surface area (Å²) in [5.41, 5.74) is 1.86. The summed E-state index contributed by atoms with van der Waals surface area (Å²) in [6.45, 7) is 3.53. The van der Waals surface area contributed by atoms with Crippen LogP contribution in [0.5, 0.6) is 0 Å². The molecule has 4 saturated carbocycles. The van der Waals surface area contributed by atoms with E-state index in [4.69, 9.17) is 0 Å². The molecule has 142 valence electrons. The maximum absolute atomic E-state index is 12.5. The van der Waals surface area contributed by atoms with Crippen molar-refractivity contribution in [2.75, 3.05) is 5.75 Å². The van der Waals surface area contributed by atoms with Crippen LogP contribution >= 0.6 is 11.8 Å². The summed E-state index contributed by atoms with van der Waals surface area (Å²) in [6.07, 6.45) is 7.85. The number of carbonyl (C=O) groups is 2. The molecular formula is C19H27N3O3S. The van der Waals surface area contributed by atoms with E-state index in [0.717, 1.165) is 17.8 Å². The fourth-order valence-corrected chi connectivity index (χ4v) is 7.45. The quantitative estimate of drug-likeness (QED) is 0.708. The number of aliphatic carboxylic acids is 1. The molecule has 4 aliphatic rings. The molecule has 26 heavy (non-hydrogen) atoms. The van der Waals surface area contributed by atoms with E-state index in [9.17, 15) is 14.7 Å². The molecule has 4 bridgehead atoms. The largest absolute Gasteiger partial charge is 0.479 e. The van der Waals surface area contributed by atoms with Gasteiger partial charge in [0, 0.05) is 16.0 Å². The van der Waals surface area contributed by atoms with Crippen LogP contribution in [0.2, 0.25) is 0 Å². The second-order valence-corrected chi connectivity index (χ2v) is 10.0. The Bertz CT molecular complexity index is 675. The first kappa shape index (κ1) is 17.9. The monoisotopic (exact) mass is 377 g/mol. The maximum Gasteiger partial charge on any atom is 0.331 e. The fraction of sp³-hybridized carbons (Fsp3) is 0.737. The number of aromatic amines is 1. The first-order valence-corrected chi connectivity index (χ1v) is 10.5. The first-order chi connectivity index (χ1) is 12.3. The van der Waals surface area contributed by atoms with Crippen LogP contribution in [0.4, 0.5) is 0 Å². The number of rotatable bonds is 6. The van der Waals surface area contributed by atoms with Crippen molar-refractivity contribution in [3.05, 3.63) is 17.0 Å². The number of aromatic nitrogens is 2. The van der Waals surface area contributed by atoms with E-state index in [1.54, 1.807) is 25.6 Å². The summed E-state index contributed by atoms with van der Waals surface area (Å²) < 4.78 is 0.256. The molecule has 5 rings (SSSR count). The Hall–Kier alpha value is -1.50. The zero-order valence-electron chi connectivity index (χ0n) is 15.4. The van der Waals surface area contributed by atoms with Gasteiger partial charge in [-0.1, -0.05) is 0 Å². The SMILES string of the molecule is Cc1n[nH]c(C)c1[C@@H](NC(=O)CSC12CC3CC(CC(C3)C1)C2)C(=O)O. The van der Waals surface area contributed by atoms with Crippen molar-refractivity contribution < 1.29 is 14.7 Å². The van der Waals surface area contributed by atoms with E-state index in [-0.39, 0.29) is 10.7 Å². The summed E-state index contributed by atoms with van der Waals surface area (Å²) in [5.74, 6) is 1.63. The topological polar surface area (TPSA) is 95.1 Å². The van der Waals surface area contributed by atoms with Crippen LogP contribution in [-0.4, -0.2) is 37.7 Å². The van der Waals surface area contributed by atoms with Crippen molar-refractivity contribution in [3.63, 3.8) is 0 Å². The summed E-state index contributed by atoms with van der Waals surface area (Å²) >= 11 is 1.77. The molecule has 0 aliphatic heterocycles. The van der Waals surface area contributed by atoms with Gasteiger partial charge in [-0.15, -0.1) is 11.8 Å². The molecule has 6 nitrogen and oxygen atoms in total. The number of nitrogens with one attached hydrogen (secondary N) is 2. The van der Waals surface area contributed by atoms with Crippen molar-refractivity contribution in [2.24, 2.45) is 17.8 Å². The molecule has 0 aromatic carbocycles. The highest BCUT2D eigenvalue weighted by Gasteiger charge is 2.51. The van der Waals surface area contributed by atoms with E-state index in [1.165, 1.54) is 38.5 Å². The molecule has 0 saturated heterocycles. The average Bonchev–Trinajstić information content (AvgIpc) is 2.88. The molecule has 4 fully saturated rings. The number of amides is 1. The van der Waals surface area contributed by atoms with Crippen molar-refractivity contribution in [1.82, 2.24) is 15.5 Å². The van der Waals surface area contributed by atoms with E-state index >= 15 is 0 Å². The smallest absolute Gasteiger partial charge is 0.331 e. The second-order valence-electron chi connectivity index (χ2n) is 8.58. The number of hydrogen-bond donors (Lipinski definition) is 3. The Balaban J connectivity index is 1.40. The maximum atomic E-state index is 12.5. The van der Waals surface area contributed by atoms with Gasteiger partial charge in [-0.3, -0.25) is 9.89 Å². The zero-order chi connectivity index (χ0) is 18.5. The van der Waals surface area contributed by atoms with Gasteiger partial charge >= 0.3 is 5.97 Å². The van der Waals surface area contributed by atoms with Crippen molar-refractivity contribution in [1.29, 1.82) is 0 Å². The Morgan fingerprint density at radius 1 is 1.23 bits per heavy atom. The molecule has 1 aromatic rings. The number of H-pyrrole nitrogens is 1. The van der Waals surface area contributed by atoms with Gasteiger partial charge in [-0.05, 0) is 70.1 Å². The van der Waals surface area contributed by atoms with E-state index in [2.05, 4.69) is 15.5 Å². The lowest BCUT2D eigenvalue weighted by molar-refractivity contribution is -0.141. The molecule has 4 aliphatic carbocycles. The predicted octanol–water partition coefficient (Wildman–Crippen LogP) is 2.97. The van der Waals surface area contributed by atoms with Crippen LogP contribution in [0.15, 0.2) is 0 Å². The van der Waals surface area contributed by atoms with E-state index in [1.807, 2.05) is 0 Å². The standard InChI is InChI=1S/C19H27N3O3S/c1-10-16(11(2)22-21-10)17(18(24)25)20-15(23)9-26-19-6-12-3-13(7-19)5-14(4-12)8-19/h12-14,17H,3-9H2,1-2H3,(H,20,23)(H,21,22)(H,24,25)/t12?,13?,14?,17-,19?/m1/s1. The van der Waals surface area contributed by atoms with Crippen LogP contribution < -0.4 is 5.32 Å². The van der Waals surface area contributed by atoms with Crippen LogP contribution in [0.3, 0.4) is 0 Å². The molecule has 0 spiro atoms. The van der Waals surface area contributed by atoms with Gasteiger partial charge in [0.1, 0.15) is 0 Å². The third kappa shape index (κ3) is 3.26. The van der Waals surface area contributed by atoms with E-state index in [0.29, 0.717) is 22.7 Å². The number of carboxylic acids is 1. The Morgan fingerprint density at radius 2 is 1.81 bits per heavy atom. The molecule has 7 heteroatoms. The van der Waals surface area contributed by atoms with Gasteiger partial charge in [-0.25, -0.2) is 4.79 Å². The van der Waals surface area contributed by atoms with E-state index < -0.39 is 12.0 Å². The van der Waals surface area contributed by atoms with Gasteiger partial charge in [-0.2, -0.15) is 5.10 Å². The van der Waals surface area contributed by atoms with Crippen LogP contribution in [-0.2, 0) is 9.59 Å². The minimum absolute atomic E-state index is 0.196. The predicted molar refractivity (Wildman–Crippen MR) is 99.9 cm³/mol. The third-order valence-corrected chi connectivity index (χ3v) is 8.04. The summed E-state index contributed by atoms with van der Waals surface area (Å²) in [4.78, 5) is 24.2. The molecular weight excluding hydrogens is 350 g/mol. The Morgan fingerprint density at radius 3 is 2.27 bits per heavy atom. The van der Waals surface area contributed by atoms with Gasteiger partial charge in [0.2, 0.25) is 5.91 Å². The van der Waals surface area contributed by atoms with Crippen molar-refractivity contribution in [2.45, 2.75) is 63.2 Å². The lowest BCUT2D eigenvalue weighted by Gasteiger charge is -2.56. The molecule has 1 atom stereocenters. The van der Waals surface area contributed by atoms with Crippen LogP contribution in [0, 0.1) is 31.6 Å². The molecule has 3 N–H and O–H groups in total.